The van der Waals surface area contributed by atoms with Gasteiger partial charge in [0, 0.05) is 23.6 Å². The van der Waals surface area contributed by atoms with Gasteiger partial charge in [0.2, 0.25) is 0 Å². The zero-order valence-corrected chi connectivity index (χ0v) is 23.8. The van der Waals surface area contributed by atoms with Gasteiger partial charge in [0.25, 0.3) is 0 Å². The molecule has 2 unspecified atom stereocenters. The van der Waals surface area contributed by atoms with Gasteiger partial charge in [-0.1, -0.05) is 45.9 Å². The molecule has 1 aromatic heterocycles. The largest absolute Gasteiger partial charge is 0.460 e. The van der Waals surface area contributed by atoms with Gasteiger partial charge in [0.05, 0.1) is 0 Å². The quantitative estimate of drug-likeness (QED) is 0.258. The molecule has 4 saturated carbocycles. The Hall–Kier alpha value is -1.78. The molecule has 0 aliphatic heterocycles. The Balaban J connectivity index is 1.48. The summed E-state index contributed by atoms with van der Waals surface area (Å²) in [5.74, 6) is 1.74. The lowest BCUT2D eigenvalue weighted by molar-refractivity contribution is -0.189. The molecule has 0 aromatic carbocycles. The molecule has 2 atom stereocenters. The predicted octanol–water partition coefficient (Wildman–Crippen LogP) is 6.37. The van der Waals surface area contributed by atoms with E-state index >= 15 is 0 Å². The first-order chi connectivity index (χ1) is 17.3. The van der Waals surface area contributed by atoms with Crippen LogP contribution in [0.1, 0.15) is 98.6 Å². The summed E-state index contributed by atoms with van der Waals surface area (Å²) in [6.07, 6.45) is 10.9. The monoisotopic (exact) mass is 505 g/mol. The molecule has 0 spiro atoms. The zero-order chi connectivity index (χ0) is 26.9. The van der Waals surface area contributed by atoms with Crippen molar-refractivity contribution in [3.63, 3.8) is 0 Å². The molecular weight excluding hydrogens is 460 g/mol. The molecule has 0 amide bonds. The van der Waals surface area contributed by atoms with Crippen LogP contribution in [0.2, 0.25) is 18.0 Å². The van der Waals surface area contributed by atoms with Gasteiger partial charge in [-0.2, -0.15) is 0 Å². The zero-order valence-electron chi connectivity index (χ0n) is 23.8. The van der Waals surface area contributed by atoms with Crippen molar-refractivity contribution in [2.45, 2.75) is 127 Å². The Bertz CT molecular complexity index is 927. The SMILES string of the molecule is CCC(C)([B]CC(C)([B]CCC(=O)OC(C)(C)C)C(=O)OC12CC3CC(CC(C3)C1)C2)c1ccccn1. The first-order valence-electron chi connectivity index (χ1n) is 14.4. The number of aromatic nitrogens is 1. The number of hydrogen-bond donors (Lipinski definition) is 0. The predicted molar refractivity (Wildman–Crippen MR) is 149 cm³/mol. The van der Waals surface area contributed by atoms with Gasteiger partial charge in [0.15, 0.2) is 0 Å². The number of carbonyl (C=O) groups excluding carboxylic acids is 2. The molecule has 7 heteroatoms. The van der Waals surface area contributed by atoms with E-state index in [9.17, 15) is 9.59 Å². The highest BCUT2D eigenvalue weighted by atomic mass is 16.6. The second-order valence-electron chi connectivity index (χ2n) is 13.6. The van der Waals surface area contributed by atoms with Crippen molar-refractivity contribution in [3.8, 4) is 0 Å². The maximum atomic E-state index is 14.0. The van der Waals surface area contributed by atoms with E-state index in [4.69, 9.17) is 9.47 Å². The van der Waals surface area contributed by atoms with Crippen molar-refractivity contribution in [1.82, 2.24) is 4.98 Å². The molecular formula is C30H45B2NO4. The van der Waals surface area contributed by atoms with E-state index in [0.717, 1.165) is 31.4 Å². The summed E-state index contributed by atoms with van der Waals surface area (Å²) >= 11 is 0. The van der Waals surface area contributed by atoms with E-state index in [1.54, 1.807) is 0 Å². The number of carbonyl (C=O) groups is 2. The molecule has 2 radical (unpaired) electrons. The van der Waals surface area contributed by atoms with Crippen LogP contribution in [0.3, 0.4) is 0 Å². The molecule has 4 aliphatic carbocycles. The summed E-state index contributed by atoms with van der Waals surface area (Å²) in [5.41, 5.74) is 0.196. The standard InChI is InChI=1S/C30H45B2NO4/c1-7-28(5,24-10-8-9-13-33-24)32-20-29(6,31-12-11-25(34)36-27(2,3)4)26(35)37-30-17-21-14-22(18-30)16-23(15-21)19-30/h8-10,13,21-23H,7,11-12,14-20H2,1-6H3. The molecule has 1 aromatic rings. The normalized spacial score (nSPS) is 29.6. The van der Waals surface area contributed by atoms with Crippen LogP contribution >= 0.6 is 0 Å². The Morgan fingerprint density at radius 1 is 1.00 bits per heavy atom. The maximum Gasteiger partial charge on any atom is 0.305 e. The Labute approximate surface area is 225 Å². The Morgan fingerprint density at radius 2 is 1.62 bits per heavy atom. The van der Waals surface area contributed by atoms with Crippen LogP contribution in [0.25, 0.3) is 0 Å². The van der Waals surface area contributed by atoms with Gasteiger partial charge < -0.3 is 9.47 Å². The van der Waals surface area contributed by atoms with Gasteiger partial charge in [-0.05, 0) is 94.5 Å². The van der Waals surface area contributed by atoms with Crippen molar-refractivity contribution in [2.24, 2.45) is 17.8 Å². The van der Waals surface area contributed by atoms with E-state index in [1.165, 1.54) is 19.3 Å². The first kappa shape index (κ1) is 28.2. The van der Waals surface area contributed by atoms with Crippen LogP contribution in [0.5, 0.6) is 0 Å². The number of nitrogens with zero attached hydrogens (tertiary/aromatic N) is 1. The number of hydrogen-bond acceptors (Lipinski definition) is 5. The van der Waals surface area contributed by atoms with Gasteiger partial charge in [-0.25, -0.2) is 0 Å². The summed E-state index contributed by atoms with van der Waals surface area (Å²) in [6, 6.07) is 5.99. The van der Waals surface area contributed by atoms with Crippen molar-refractivity contribution >= 4 is 26.5 Å². The number of pyridine rings is 1. The van der Waals surface area contributed by atoms with Crippen molar-refractivity contribution in [3.05, 3.63) is 30.1 Å². The van der Waals surface area contributed by atoms with Crippen molar-refractivity contribution in [1.29, 1.82) is 0 Å². The minimum absolute atomic E-state index is 0.144. The van der Waals surface area contributed by atoms with Crippen LogP contribution in [-0.4, -0.2) is 42.7 Å². The Kier molecular flexibility index (Phi) is 8.22. The number of rotatable bonds is 11. The third-order valence-electron chi connectivity index (χ3n) is 9.08. The van der Waals surface area contributed by atoms with Gasteiger partial charge in [0.1, 0.15) is 25.8 Å². The van der Waals surface area contributed by atoms with Crippen molar-refractivity contribution in [2.75, 3.05) is 0 Å². The summed E-state index contributed by atoms with van der Waals surface area (Å²) in [7, 11) is 4.24. The molecule has 4 fully saturated rings. The fourth-order valence-corrected chi connectivity index (χ4v) is 7.19. The lowest BCUT2D eigenvalue weighted by Gasteiger charge is -2.56. The van der Waals surface area contributed by atoms with E-state index in [2.05, 4.69) is 32.2 Å². The van der Waals surface area contributed by atoms with Gasteiger partial charge in [-0.15, -0.1) is 0 Å². The lowest BCUT2D eigenvalue weighted by atomic mass is 9.37. The molecule has 37 heavy (non-hydrogen) atoms. The van der Waals surface area contributed by atoms with Crippen LogP contribution in [0, 0.1) is 17.8 Å². The summed E-state index contributed by atoms with van der Waals surface area (Å²) in [6.45, 7) is 11.9. The molecule has 5 nitrogen and oxygen atoms in total. The van der Waals surface area contributed by atoms with Crippen molar-refractivity contribution < 1.29 is 19.1 Å². The number of esters is 2. The highest BCUT2D eigenvalue weighted by molar-refractivity contribution is 6.52. The van der Waals surface area contributed by atoms with Crippen LogP contribution in [0.4, 0.5) is 0 Å². The highest BCUT2D eigenvalue weighted by Gasteiger charge is 2.54. The summed E-state index contributed by atoms with van der Waals surface area (Å²) in [5, 5.41) is -1.08. The fraction of sp³-hybridized carbons (Fsp3) is 0.767. The average Bonchev–Trinajstić information content (AvgIpc) is 2.81. The lowest BCUT2D eigenvalue weighted by Crippen LogP contribution is -2.54. The summed E-state index contributed by atoms with van der Waals surface area (Å²) < 4.78 is 12.0. The number of ether oxygens (including phenoxy) is 2. The third-order valence-corrected chi connectivity index (χ3v) is 9.08. The second-order valence-corrected chi connectivity index (χ2v) is 13.6. The third kappa shape index (κ3) is 6.81. The van der Waals surface area contributed by atoms with Gasteiger partial charge >= 0.3 is 11.9 Å². The van der Waals surface area contributed by atoms with E-state index < -0.39 is 10.9 Å². The van der Waals surface area contributed by atoms with E-state index in [0.29, 0.717) is 30.4 Å². The molecule has 0 saturated heterocycles. The van der Waals surface area contributed by atoms with Crippen LogP contribution < -0.4 is 0 Å². The first-order valence-corrected chi connectivity index (χ1v) is 14.4. The minimum atomic E-state index is -0.823. The maximum absolute atomic E-state index is 14.0. The molecule has 4 bridgehead atoms. The van der Waals surface area contributed by atoms with E-state index in [1.807, 2.05) is 53.3 Å². The average molecular weight is 505 g/mol. The highest BCUT2D eigenvalue weighted by Crippen LogP contribution is 2.57. The molecule has 1 heterocycles. The molecule has 200 valence electrons. The van der Waals surface area contributed by atoms with Crippen LogP contribution in [0.15, 0.2) is 24.4 Å². The molecule has 4 aliphatic rings. The molecule has 0 N–H and O–H groups in total. The Morgan fingerprint density at radius 3 is 2.14 bits per heavy atom. The minimum Gasteiger partial charge on any atom is -0.460 e. The van der Waals surface area contributed by atoms with Gasteiger partial charge in [-0.3, -0.25) is 14.6 Å². The van der Waals surface area contributed by atoms with E-state index in [-0.39, 0.29) is 29.3 Å². The fourth-order valence-electron chi connectivity index (χ4n) is 7.19. The van der Waals surface area contributed by atoms with Crippen LogP contribution in [-0.2, 0) is 24.4 Å². The smallest absolute Gasteiger partial charge is 0.305 e. The topological polar surface area (TPSA) is 65.5 Å². The molecule has 5 rings (SSSR count). The second kappa shape index (κ2) is 10.8. The summed E-state index contributed by atoms with van der Waals surface area (Å²) in [4.78, 5) is 31.0.